The summed E-state index contributed by atoms with van der Waals surface area (Å²) in [6, 6.07) is 0. The van der Waals surface area contributed by atoms with Gasteiger partial charge in [-0.05, 0) is 24.7 Å². The highest BCUT2D eigenvalue weighted by molar-refractivity contribution is 5.11. The normalized spacial score (nSPS) is 46.1. The first kappa shape index (κ1) is 7.51. The summed E-state index contributed by atoms with van der Waals surface area (Å²) in [6.45, 7) is 4.27. The topological polar surface area (TPSA) is 0 Å². The van der Waals surface area contributed by atoms with E-state index in [4.69, 9.17) is 0 Å². The molecule has 0 aromatic rings. The van der Waals surface area contributed by atoms with E-state index in [1.807, 2.05) is 0 Å². The lowest BCUT2D eigenvalue weighted by Gasteiger charge is -2.17. The van der Waals surface area contributed by atoms with Gasteiger partial charge in [0.1, 0.15) is 0 Å². The molecule has 0 saturated heterocycles. The van der Waals surface area contributed by atoms with Gasteiger partial charge >= 0.3 is 0 Å². The fourth-order valence-corrected chi connectivity index (χ4v) is 2.40. The Kier molecular flexibility index (Phi) is 1.34. The Balaban J connectivity index is 1.95. The van der Waals surface area contributed by atoms with Crippen molar-refractivity contribution in [3.05, 3.63) is 0 Å². The Morgan fingerprint density at radius 1 is 1.18 bits per heavy atom. The third kappa shape index (κ3) is 0.911. The second kappa shape index (κ2) is 1.96. The summed E-state index contributed by atoms with van der Waals surface area (Å²) in [4.78, 5) is 0. The van der Waals surface area contributed by atoms with Crippen LogP contribution in [-0.2, 0) is 0 Å². The molecule has 0 N–H and O–H groups in total. The van der Waals surface area contributed by atoms with E-state index in [9.17, 15) is 8.78 Å². The molecule has 2 aliphatic rings. The van der Waals surface area contributed by atoms with Crippen molar-refractivity contribution in [2.45, 2.75) is 32.6 Å². The van der Waals surface area contributed by atoms with Crippen molar-refractivity contribution in [1.29, 1.82) is 0 Å². The van der Waals surface area contributed by atoms with Gasteiger partial charge in [-0.3, -0.25) is 0 Å². The first-order valence-corrected chi connectivity index (χ1v) is 4.41. The van der Waals surface area contributed by atoms with Gasteiger partial charge in [0, 0.05) is 11.8 Å². The fraction of sp³-hybridized carbons (Fsp3) is 1.00. The van der Waals surface area contributed by atoms with Gasteiger partial charge in [-0.15, -0.1) is 0 Å². The zero-order valence-corrected chi connectivity index (χ0v) is 6.98. The fourth-order valence-electron chi connectivity index (χ4n) is 2.40. The number of rotatable bonds is 1. The minimum atomic E-state index is -2.27. The van der Waals surface area contributed by atoms with Gasteiger partial charge in [-0.25, -0.2) is 8.78 Å². The third-order valence-electron chi connectivity index (χ3n) is 3.42. The number of alkyl halides is 2. The monoisotopic (exact) mass is 160 g/mol. The van der Waals surface area contributed by atoms with E-state index in [0.717, 1.165) is 12.8 Å². The average molecular weight is 160 g/mol. The zero-order valence-electron chi connectivity index (χ0n) is 6.98. The molecule has 2 heteroatoms. The van der Waals surface area contributed by atoms with Crippen LogP contribution in [-0.4, -0.2) is 5.92 Å². The molecule has 2 fully saturated rings. The lowest BCUT2D eigenvalue weighted by atomic mass is 9.91. The van der Waals surface area contributed by atoms with Crippen LogP contribution in [0.15, 0.2) is 0 Å². The molecule has 1 unspecified atom stereocenters. The van der Waals surface area contributed by atoms with Gasteiger partial charge in [0.25, 0.3) is 5.92 Å². The molecule has 2 aliphatic carbocycles. The van der Waals surface area contributed by atoms with Gasteiger partial charge in [-0.2, -0.15) is 0 Å². The molecule has 0 spiro atoms. The summed E-state index contributed by atoms with van der Waals surface area (Å²) in [5, 5.41) is 0. The standard InChI is InChI=1S/C9H14F2/c1-5(2)6-3-7-8(4-6)9(7,10)11/h5-8H,3-4H2,1-2H3/t6?,7-,8+. The van der Waals surface area contributed by atoms with Gasteiger partial charge in [0.05, 0.1) is 0 Å². The van der Waals surface area contributed by atoms with Crippen LogP contribution in [0.3, 0.4) is 0 Å². The van der Waals surface area contributed by atoms with Crippen LogP contribution in [0.25, 0.3) is 0 Å². The number of halogens is 2. The molecule has 11 heavy (non-hydrogen) atoms. The van der Waals surface area contributed by atoms with Crippen LogP contribution in [0.4, 0.5) is 8.78 Å². The van der Waals surface area contributed by atoms with Crippen LogP contribution < -0.4 is 0 Å². The summed E-state index contributed by atoms with van der Waals surface area (Å²) in [5.74, 6) is -1.58. The van der Waals surface area contributed by atoms with Crippen LogP contribution in [0, 0.1) is 23.7 Å². The Hall–Kier alpha value is -0.140. The second-order valence-corrected chi connectivity index (χ2v) is 4.36. The highest BCUT2D eigenvalue weighted by atomic mass is 19.3. The summed E-state index contributed by atoms with van der Waals surface area (Å²) in [5.41, 5.74) is 0. The van der Waals surface area contributed by atoms with Crippen molar-refractivity contribution in [2.75, 3.05) is 0 Å². The zero-order chi connectivity index (χ0) is 8.22. The maximum absolute atomic E-state index is 12.7. The highest BCUT2D eigenvalue weighted by Gasteiger charge is 2.71. The molecule has 0 amide bonds. The summed E-state index contributed by atoms with van der Waals surface area (Å²) < 4.78 is 25.4. The molecule has 3 atom stereocenters. The smallest absolute Gasteiger partial charge is 0.206 e. The predicted molar refractivity (Wildman–Crippen MR) is 39.5 cm³/mol. The minimum absolute atomic E-state index is 0.241. The Labute approximate surface area is 66.0 Å². The SMILES string of the molecule is CC(C)C1C[C@@H]2[C@H](C1)C2(F)F. The van der Waals surface area contributed by atoms with Gasteiger partial charge < -0.3 is 0 Å². The van der Waals surface area contributed by atoms with E-state index >= 15 is 0 Å². The molecule has 0 bridgehead atoms. The van der Waals surface area contributed by atoms with Crippen molar-refractivity contribution >= 4 is 0 Å². The van der Waals surface area contributed by atoms with Crippen molar-refractivity contribution in [1.82, 2.24) is 0 Å². The van der Waals surface area contributed by atoms with Crippen molar-refractivity contribution in [3.63, 3.8) is 0 Å². The van der Waals surface area contributed by atoms with Gasteiger partial charge in [-0.1, -0.05) is 13.8 Å². The van der Waals surface area contributed by atoms with E-state index in [1.165, 1.54) is 0 Å². The van der Waals surface area contributed by atoms with Crippen LogP contribution in [0.5, 0.6) is 0 Å². The van der Waals surface area contributed by atoms with Crippen molar-refractivity contribution < 1.29 is 8.78 Å². The third-order valence-corrected chi connectivity index (χ3v) is 3.42. The lowest BCUT2D eigenvalue weighted by Crippen LogP contribution is -2.12. The largest absolute Gasteiger partial charge is 0.254 e. The number of hydrogen-bond acceptors (Lipinski definition) is 0. The molecule has 0 heterocycles. The summed E-state index contributed by atoms with van der Waals surface area (Å²) in [7, 11) is 0. The Morgan fingerprint density at radius 2 is 1.64 bits per heavy atom. The Bertz CT molecular complexity index is 160. The molecule has 0 radical (unpaired) electrons. The number of fused-ring (bicyclic) bond motifs is 1. The quantitative estimate of drug-likeness (QED) is 0.553. The molecular weight excluding hydrogens is 146 g/mol. The summed E-state index contributed by atoms with van der Waals surface area (Å²) >= 11 is 0. The van der Waals surface area contributed by atoms with Gasteiger partial charge in [0.15, 0.2) is 0 Å². The maximum Gasteiger partial charge on any atom is 0.254 e. The maximum atomic E-state index is 12.7. The van der Waals surface area contributed by atoms with E-state index in [-0.39, 0.29) is 11.8 Å². The molecule has 64 valence electrons. The molecule has 0 aliphatic heterocycles. The van der Waals surface area contributed by atoms with E-state index in [2.05, 4.69) is 13.8 Å². The molecule has 0 nitrogen and oxygen atoms in total. The molecule has 0 aromatic carbocycles. The van der Waals surface area contributed by atoms with E-state index in [1.54, 1.807) is 0 Å². The first-order valence-electron chi connectivity index (χ1n) is 4.41. The van der Waals surface area contributed by atoms with Crippen LogP contribution >= 0.6 is 0 Å². The van der Waals surface area contributed by atoms with Crippen molar-refractivity contribution in [3.8, 4) is 0 Å². The van der Waals surface area contributed by atoms with Crippen LogP contribution in [0.1, 0.15) is 26.7 Å². The average Bonchev–Trinajstić information content (AvgIpc) is 2.28. The molecule has 0 aromatic heterocycles. The van der Waals surface area contributed by atoms with Crippen molar-refractivity contribution in [2.24, 2.45) is 23.7 Å². The van der Waals surface area contributed by atoms with Crippen LogP contribution in [0.2, 0.25) is 0 Å². The van der Waals surface area contributed by atoms with E-state index in [0.29, 0.717) is 11.8 Å². The molecular formula is C9H14F2. The second-order valence-electron chi connectivity index (χ2n) is 4.36. The van der Waals surface area contributed by atoms with E-state index < -0.39 is 5.92 Å². The van der Waals surface area contributed by atoms with Gasteiger partial charge in [0.2, 0.25) is 0 Å². The summed E-state index contributed by atoms with van der Waals surface area (Å²) in [6.07, 6.45) is 1.55. The lowest BCUT2D eigenvalue weighted by molar-refractivity contribution is 0.0591. The molecule has 2 rings (SSSR count). The molecule has 2 saturated carbocycles. The Morgan fingerprint density at radius 3 is 2.00 bits per heavy atom. The highest BCUT2D eigenvalue weighted by Crippen LogP contribution is 2.66. The predicted octanol–water partition coefficient (Wildman–Crippen LogP) is 2.93. The minimum Gasteiger partial charge on any atom is -0.206 e. The number of hydrogen-bond donors (Lipinski definition) is 0. The first-order chi connectivity index (χ1) is 5.03.